The number of nitro groups is 2. The van der Waals surface area contributed by atoms with Gasteiger partial charge in [-0.2, -0.15) is 0 Å². The van der Waals surface area contributed by atoms with Gasteiger partial charge in [0.1, 0.15) is 11.4 Å². The molecule has 2 aromatic rings. The lowest BCUT2D eigenvalue weighted by atomic mass is 10.3. The van der Waals surface area contributed by atoms with E-state index in [0.29, 0.717) is 0 Å². The summed E-state index contributed by atoms with van der Waals surface area (Å²) >= 11 is 0. The van der Waals surface area contributed by atoms with Crippen molar-refractivity contribution in [2.45, 2.75) is 9.79 Å². The Kier molecular flexibility index (Phi) is 7.13. The van der Waals surface area contributed by atoms with Crippen molar-refractivity contribution in [1.82, 2.24) is 0 Å². The number of nitrogens with two attached hydrogens (primary N) is 2. The van der Waals surface area contributed by atoms with Gasteiger partial charge in [0.05, 0.1) is 19.6 Å². The quantitative estimate of drug-likeness (QED) is 0.438. The molecule has 25 heavy (non-hydrogen) atoms. The summed E-state index contributed by atoms with van der Waals surface area (Å²) in [7, 11) is -4.20. The van der Waals surface area contributed by atoms with Gasteiger partial charge in [-0.25, -0.2) is 8.42 Å². The number of anilines is 2. The molecule has 4 N–H and O–H groups in total. The molecule has 136 valence electrons. The van der Waals surface area contributed by atoms with Crippen molar-refractivity contribution < 1.29 is 18.3 Å². The number of hydrogen-bond acceptors (Lipinski definition) is 8. The standard InChI is InChI=1S/C12H10N4O6S.2ClH/c13-9-3-1-7(5-11(9)15(17)18)23(21,22)8-2-4-10(14)12(6-8)16(19)20;;/h1-6H,13-14H2;2*1H. The van der Waals surface area contributed by atoms with E-state index >= 15 is 0 Å². The highest BCUT2D eigenvalue weighted by Gasteiger charge is 2.25. The number of rotatable bonds is 4. The van der Waals surface area contributed by atoms with E-state index < -0.39 is 40.8 Å². The van der Waals surface area contributed by atoms with Crippen LogP contribution in [0.3, 0.4) is 0 Å². The van der Waals surface area contributed by atoms with E-state index in [1.54, 1.807) is 0 Å². The average Bonchev–Trinajstić information content (AvgIpc) is 2.47. The van der Waals surface area contributed by atoms with Crippen molar-refractivity contribution in [2.75, 3.05) is 11.5 Å². The minimum absolute atomic E-state index is 0. The van der Waals surface area contributed by atoms with E-state index in [9.17, 15) is 28.6 Å². The van der Waals surface area contributed by atoms with Crippen LogP contribution in [-0.2, 0) is 9.84 Å². The fourth-order valence-corrected chi connectivity index (χ4v) is 3.13. The predicted octanol–water partition coefficient (Wildman–Crippen LogP) is 2.34. The molecule has 0 amide bonds. The summed E-state index contributed by atoms with van der Waals surface area (Å²) in [5.41, 5.74) is 9.29. The van der Waals surface area contributed by atoms with Gasteiger partial charge in [-0.15, -0.1) is 24.8 Å². The second-order valence-corrected chi connectivity index (χ2v) is 6.41. The first-order valence-electron chi connectivity index (χ1n) is 5.97. The lowest BCUT2D eigenvalue weighted by Gasteiger charge is -2.06. The van der Waals surface area contributed by atoms with Crippen LogP contribution in [0, 0.1) is 20.2 Å². The van der Waals surface area contributed by atoms with Crippen molar-refractivity contribution in [3.8, 4) is 0 Å². The molecule has 0 heterocycles. The summed E-state index contributed by atoms with van der Waals surface area (Å²) in [5.74, 6) is 0. The number of benzene rings is 2. The monoisotopic (exact) mass is 410 g/mol. The highest BCUT2D eigenvalue weighted by Crippen LogP contribution is 2.31. The molecule has 2 rings (SSSR count). The molecule has 0 atom stereocenters. The van der Waals surface area contributed by atoms with E-state index in [-0.39, 0.29) is 36.2 Å². The van der Waals surface area contributed by atoms with Gasteiger partial charge in [0.2, 0.25) is 9.84 Å². The van der Waals surface area contributed by atoms with Gasteiger partial charge in [-0.1, -0.05) is 0 Å². The Bertz CT molecular complexity index is 866. The van der Waals surface area contributed by atoms with Gasteiger partial charge >= 0.3 is 0 Å². The molecule has 0 aliphatic carbocycles. The molecule has 0 aliphatic heterocycles. The molecule has 0 aromatic heterocycles. The minimum atomic E-state index is -4.20. The second kappa shape index (κ2) is 7.96. The summed E-state index contributed by atoms with van der Waals surface area (Å²) in [6, 6.07) is 5.92. The van der Waals surface area contributed by atoms with Gasteiger partial charge in [0, 0.05) is 12.1 Å². The van der Waals surface area contributed by atoms with Crippen LogP contribution in [0.15, 0.2) is 46.2 Å². The highest BCUT2D eigenvalue weighted by atomic mass is 35.5. The molecule has 0 radical (unpaired) electrons. The fraction of sp³-hybridized carbons (Fsp3) is 0. The van der Waals surface area contributed by atoms with Gasteiger partial charge in [0.15, 0.2) is 0 Å². The van der Waals surface area contributed by atoms with E-state index in [0.717, 1.165) is 36.4 Å². The molecule has 0 saturated heterocycles. The Morgan fingerprint density at radius 3 is 1.36 bits per heavy atom. The van der Waals surface area contributed by atoms with Crippen LogP contribution in [0.25, 0.3) is 0 Å². The number of nitro benzene ring substituents is 2. The van der Waals surface area contributed by atoms with Crippen LogP contribution in [0.4, 0.5) is 22.7 Å². The number of nitrogen functional groups attached to an aromatic ring is 2. The van der Waals surface area contributed by atoms with E-state index in [4.69, 9.17) is 11.5 Å². The summed E-state index contributed by atoms with van der Waals surface area (Å²) in [5, 5.41) is 21.7. The first-order valence-corrected chi connectivity index (χ1v) is 7.46. The molecule has 10 nitrogen and oxygen atoms in total. The lowest BCUT2D eigenvalue weighted by Crippen LogP contribution is -2.06. The largest absolute Gasteiger partial charge is 0.393 e. The van der Waals surface area contributed by atoms with E-state index in [1.807, 2.05) is 0 Å². The van der Waals surface area contributed by atoms with Crippen molar-refractivity contribution >= 4 is 57.4 Å². The maximum absolute atomic E-state index is 12.5. The van der Waals surface area contributed by atoms with Crippen LogP contribution < -0.4 is 11.5 Å². The third kappa shape index (κ3) is 4.26. The van der Waals surface area contributed by atoms with Crippen molar-refractivity contribution in [3.05, 3.63) is 56.6 Å². The van der Waals surface area contributed by atoms with Gasteiger partial charge in [-0.3, -0.25) is 20.2 Å². The fourth-order valence-electron chi connectivity index (χ4n) is 1.83. The van der Waals surface area contributed by atoms with Crippen molar-refractivity contribution in [2.24, 2.45) is 0 Å². The number of hydrogen-bond donors (Lipinski definition) is 2. The van der Waals surface area contributed by atoms with Gasteiger partial charge < -0.3 is 11.5 Å². The molecular weight excluding hydrogens is 399 g/mol. The molecule has 0 spiro atoms. The third-order valence-electron chi connectivity index (χ3n) is 3.02. The molecule has 0 unspecified atom stereocenters. The summed E-state index contributed by atoms with van der Waals surface area (Å²) in [6.07, 6.45) is 0. The molecular formula is C12H12Cl2N4O6S. The van der Waals surface area contributed by atoms with Gasteiger partial charge in [0.25, 0.3) is 11.4 Å². The zero-order chi connectivity index (χ0) is 17.4. The maximum Gasteiger partial charge on any atom is 0.293 e. The van der Waals surface area contributed by atoms with Crippen LogP contribution in [0.5, 0.6) is 0 Å². The molecule has 2 aromatic carbocycles. The van der Waals surface area contributed by atoms with Crippen molar-refractivity contribution in [1.29, 1.82) is 0 Å². The summed E-state index contributed by atoms with van der Waals surface area (Å²) < 4.78 is 25.0. The van der Waals surface area contributed by atoms with Gasteiger partial charge in [-0.05, 0) is 24.3 Å². The summed E-state index contributed by atoms with van der Waals surface area (Å²) in [4.78, 5) is 19.3. The van der Waals surface area contributed by atoms with Crippen LogP contribution in [0.2, 0.25) is 0 Å². The number of nitrogens with zero attached hydrogens (tertiary/aromatic N) is 2. The van der Waals surface area contributed by atoms with E-state index in [1.165, 1.54) is 0 Å². The Labute approximate surface area is 153 Å². The molecule has 13 heteroatoms. The van der Waals surface area contributed by atoms with Crippen LogP contribution >= 0.6 is 24.8 Å². The highest BCUT2D eigenvalue weighted by molar-refractivity contribution is 7.91. The lowest BCUT2D eigenvalue weighted by molar-refractivity contribution is -0.384. The molecule has 0 saturated carbocycles. The average molecular weight is 411 g/mol. The Morgan fingerprint density at radius 1 is 0.760 bits per heavy atom. The number of halogens is 2. The van der Waals surface area contributed by atoms with Crippen LogP contribution in [-0.4, -0.2) is 18.3 Å². The SMILES string of the molecule is Cl.Cl.Nc1ccc(S(=O)(=O)c2ccc(N)c([N+](=O)[O-])c2)cc1[N+](=O)[O-]. The Morgan fingerprint density at radius 2 is 1.08 bits per heavy atom. The normalized spacial score (nSPS) is 10.2. The predicted molar refractivity (Wildman–Crippen MR) is 95.0 cm³/mol. The number of sulfone groups is 1. The summed E-state index contributed by atoms with van der Waals surface area (Å²) in [6.45, 7) is 0. The first-order chi connectivity index (χ1) is 10.6. The maximum atomic E-state index is 12.5. The van der Waals surface area contributed by atoms with E-state index in [2.05, 4.69) is 0 Å². The molecule has 0 fully saturated rings. The minimum Gasteiger partial charge on any atom is -0.393 e. The Hall–Kier alpha value is -2.63. The topological polar surface area (TPSA) is 172 Å². The second-order valence-electron chi connectivity index (χ2n) is 4.46. The zero-order valence-electron chi connectivity index (χ0n) is 12.2. The zero-order valence-corrected chi connectivity index (χ0v) is 14.6. The smallest absolute Gasteiger partial charge is 0.293 e. The third-order valence-corrected chi connectivity index (χ3v) is 4.77. The molecule has 0 aliphatic rings. The molecule has 0 bridgehead atoms. The first kappa shape index (κ1) is 22.4. The van der Waals surface area contributed by atoms with Crippen molar-refractivity contribution in [3.63, 3.8) is 0 Å². The van der Waals surface area contributed by atoms with Crippen LogP contribution in [0.1, 0.15) is 0 Å². The Balaban J connectivity index is 0.00000288.